The number of carbonyl (C=O) groups is 4. The van der Waals surface area contributed by atoms with Crippen LogP contribution in [0.15, 0.2) is 130 Å². The summed E-state index contributed by atoms with van der Waals surface area (Å²) in [6, 6.07) is 27.1. The second-order valence-corrected chi connectivity index (χ2v) is 29.2. The number of primary sulfonamides is 2. The second kappa shape index (κ2) is 30.5. The third kappa shape index (κ3) is 22.7. The Bertz CT molecular complexity index is 3340. The summed E-state index contributed by atoms with van der Waals surface area (Å²) in [7, 11) is -7.84. The zero-order valence-electron chi connectivity index (χ0n) is 53.0. The predicted molar refractivity (Wildman–Crippen MR) is 337 cm³/mol. The van der Waals surface area contributed by atoms with Gasteiger partial charge in [0.05, 0.1) is 0 Å². The maximum Gasteiger partial charge on any atom is 0.410 e. The molecule has 25 heteroatoms. The van der Waals surface area contributed by atoms with Gasteiger partial charge in [0.1, 0.15) is 30.2 Å². The van der Waals surface area contributed by atoms with E-state index < -0.39 is 42.2 Å². The highest BCUT2D eigenvalue weighted by atomic mass is 32.2. The van der Waals surface area contributed by atoms with Crippen molar-refractivity contribution in [3.8, 4) is 0 Å². The van der Waals surface area contributed by atoms with Gasteiger partial charge in [-0.15, -0.1) is 0 Å². The standard InChI is InChI=1S/C32H45N5O6S.C27H41N3O4.C5H5FN2O2S/c1-31(2,3)43-30(39)37-21-24(20-32(37,4)5)14-15-26(34-27-12-9-13-28(35-27)44(33,40)41)25-16-18-36(19-17-25)29(38)42-22-23-10-7-6-8-11-23;1-26(2,3)34-25(32)30-18-21(17-27(30,4)5)11-12-23(28)22-13-15-29(16-14-22)24(31)33-19-20-9-7-6-8-10-20;6-4-2-1-3-5(8-4)11(7,9)10/h6-13,16,24,26H,14-15,17-22H2,1-5H3,(H,34,35)(H2,33,40,41);6-10,13,21,23H,11-12,14-19,28H2,1-5H3;1-3H,(H2,7,9,10)/t;21-,23?;/m.0./s1. The number of aromatic nitrogens is 2. The number of carbonyl (C=O) groups excluding carboxylic acids is 4. The molecule has 89 heavy (non-hydrogen) atoms. The largest absolute Gasteiger partial charge is 0.445 e. The highest BCUT2D eigenvalue weighted by Gasteiger charge is 2.44. The van der Waals surface area contributed by atoms with Gasteiger partial charge in [-0.05, 0) is 173 Å². The van der Waals surface area contributed by atoms with E-state index in [-0.39, 0.29) is 71.7 Å². The minimum absolute atomic E-state index is 0.0267. The molecule has 3 unspecified atom stereocenters. The topological polar surface area (TPSA) is 302 Å². The molecule has 8 rings (SSSR count). The van der Waals surface area contributed by atoms with E-state index in [1.54, 1.807) is 21.9 Å². The summed E-state index contributed by atoms with van der Waals surface area (Å²) in [6.45, 7) is 23.4. The van der Waals surface area contributed by atoms with Crippen LogP contribution in [-0.4, -0.2) is 144 Å². The average molecular weight is 1280 g/mol. The van der Waals surface area contributed by atoms with Crippen molar-refractivity contribution in [2.45, 2.75) is 178 Å². The Morgan fingerprint density at radius 2 is 1.03 bits per heavy atom. The molecule has 7 N–H and O–H groups in total. The van der Waals surface area contributed by atoms with E-state index in [2.05, 4.69) is 54.2 Å². The molecule has 2 fully saturated rings. The van der Waals surface area contributed by atoms with E-state index >= 15 is 0 Å². The normalized spacial score (nSPS) is 19.0. The third-order valence-corrected chi connectivity index (χ3v) is 17.2. The fourth-order valence-electron chi connectivity index (χ4n) is 11.1. The van der Waals surface area contributed by atoms with Crippen molar-refractivity contribution in [2.75, 3.05) is 44.6 Å². The van der Waals surface area contributed by atoms with E-state index in [4.69, 9.17) is 29.8 Å². The number of nitrogens with zero attached hydrogens (tertiary/aromatic N) is 6. The van der Waals surface area contributed by atoms with Gasteiger partial charge in [0, 0.05) is 62.4 Å². The van der Waals surface area contributed by atoms with Crippen LogP contribution in [0.3, 0.4) is 0 Å². The van der Waals surface area contributed by atoms with Crippen LogP contribution in [0.2, 0.25) is 0 Å². The number of amides is 4. The lowest BCUT2D eigenvalue weighted by atomic mass is 9.89. The number of halogens is 1. The number of sulfonamides is 2. The molecule has 4 aromatic rings. The minimum Gasteiger partial charge on any atom is -0.445 e. The van der Waals surface area contributed by atoms with Crippen molar-refractivity contribution < 1.29 is 59.4 Å². The summed E-state index contributed by atoms with van der Waals surface area (Å²) in [5, 5.41) is 12.7. The number of nitrogens with two attached hydrogens (primary N) is 3. The van der Waals surface area contributed by atoms with Gasteiger partial charge in [-0.2, -0.15) is 4.39 Å². The highest BCUT2D eigenvalue weighted by molar-refractivity contribution is 7.89. The molecule has 0 spiro atoms. The van der Waals surface area contributed by atoms with Gasteiger partial charge < -0.3 is 49.6 Å². The van der Waals surface area contributed by atoms with Crippen LogP contribution in [0, 0.1) is 17.8 Å². The molecule has 0 radical (unpaired) electrons. The fraction of sp³-hybridized carbons (Fsp3) is 0.531. The molecule has 6 heterocycles. The van der Waals surface area contributed by atoms with Crippen molar-refractivity contribution in [2.24, 2.45) is 27.8 Å². The third-order valence-electron chi connectivity index (χ3n) is 15.6. The lowest BCUT2D eigenvalue weighted by Gasteiger charge is -2.33. The Kier molecular flexibility index (Phi) is 24.3. The van der Waals surface area contributed by atoms with E-state index in [1.165, 1.54) is 17.7 Å². The smallest absolute Gasteiger partial charge is 0.410 e. The Morgan fingerprint density at radius 3 is 1.44 bits per heavy atom. The van der Waals surface area contributed by atoms with Crippen molar-refractivity contribution in [3.05, 3.63) is 137 Å². The van der Waals surface area contributed by atoms with Gasteiger partial charge in [-0.25, -0.2) is 56.3 Å². The van der Waals surface area contributed by atoms with Crippen molar-refractivity contribution in [1.29, 1.82) is 0 Å². The summed E-state index contributed by atoms with van der Waals surface area (Å²) in [5.41, 5.74) is 9.09. The van der Waals surface area contributed by atoms with Gasteiger partial charge in [0.25, 0.3) is 20.0 Å². The van der Waals surface area contributed by atoms with Gasteiger partial charge in [-0.3, -0.25) is 0 Å². The first kappa shape index (κ1) is 70.9. The summed E-state index contributed by atoms with van der Waals surface area (Å²) < 4.78 is 79.4. The van der Waals surface area contributed by atoms with Crippen molar-refractivity contribution in [3.63, 3.8) is 0 Å². The molecule has 2 saturated heterocycles. The number of rotatable bonds is 16. The van der Waals surface area contributed by atoms with Crippen LogP contribution in [-0.2, 0) is 52.2 Å². The van der Waals surface area contributed by atoms with Crippen LogP contribution >= 0.6 is 0 Å². The number of ether oxygens (including phenoxy) is 4. The predicted octanol–water partition coefficient (Wildman–Crippen LogP) is 10.3. The Labute approximate surface area is 524 Å². The first-order valence-corrected chi connectivity index (χ1v) is 33.1. The number of hydrogen-bond acceptors (Lipinski definition) is 16. The van der Waals surface area contributed by atoms with Gasteiger partial charge >= 0.3 is 24.4 Å². The average Bonchev–Trinajstić information content (AvgIpc) is 1.95. The van der Waals surface area contributed by atoms with Gasteiger partial charge in [0.2, 0.25) is 5.95 Å². The van der Waals surface area contributed by atoms with E-state index in [0.29, 0.717) is 63.8 Å². The van der Waals surface area contributed by atoms with Crippen molar-refractivity contribution in [1.82, 2.24) is 29.6 Å². The van der Waals surface area contributed by atoms with Crippen LogP contribution in [0.25, 0.3) is 0 Å². The maximum atomic E-state index is 12.9. The molecule has 0 bridgehead atoms. The fourth-order valence-corrected chi connectivity index (χ4v) is 12.1. The van der Waals surface area contributed by atoms with Crippen LogP contribution in [0.4, 0.5) is 29.4 Å². The summed E-state index contributed by atoms with van der Waals surface area (Å²) in [4.78, 5) is 65.1. The number of anilines is 1. The van der Waals surface area contributed by atoms with Crippen LogP contribution in [0.5, 0.6) is 0 Å². The molecule has 2 aromatic heterocycles. The molecule has 4 aliphatic heterocycles. The first-order valence-electron chi connectivity index (χ1n) is 30.0. The van der Waals surface area contributed by atoms with Crippen molar-refractivity contribution >= 4 is 50.2 Å². The maximum absolute atomic E-state index is 12.9. The summed E-state index contributed by atoms with van der Waals surface area (Å²) >= 11 is 0. The lowest BCUT2D eigenvalue weighted by Crippen LogP contribution is -2.45. The molecule has 488 valence electrons. The highest BCUT2D eigenvalue weighted by Crippen LogP contribution is 2.39. The molecule has 4 atom stereocenters. The molecule has 2 aromatic carbocycles. The van der Waals surface area contributed by atoms with Gasteiger partial charge in [0.15, 0.2) is 10.1 Å². The molecule has 0 saturated carbocycles. The second-order valence-electron chi connectivity index (χ2n) is 26.2. The van der Waals surface area contributed by atoms with Gasteiger partial charge in [-0.1, -0.05) is 90.5 Å². The summed E-state index contributed by atoms with van der Waals surface area (Å²) in [5.74, 6) is 0.187. The number of hydrogen-bond donors (Lipinski definition) is 4. The van der Waals surface area contributed by atoms with E-state index in [9.17, 15) is 40.4 Å². The molecule has 22 nitrogen and oxygen atoms in total. The number of likely N-dealkylation sites (tertiary alicyclic amines) is 2. The lowest BCUT2D eigenvalue weighted by molar-refractivity contribution is 0.0118. The Balaban J connectivity index is 0.000000247. The first-order chi connectivity index (χ1) is 41.5. The quantitative estimate of drug-likeness (QED) is 0.0460. The molecule has 4 amide bonds. The monoisotopic (exact) mass is 1270 g/mol. The Morgan fingerprint density at radius 1 is 0.607 bits per heavy atom. The minimum atomic E-state index is -3.97. The van der Waals surface area contributed by atoms with E-state index in [1.807, 2.05) is 118 Å². The zero-order chi connectivity index (χ0) is 65.5. The number of benzene rings is 2. The Hall–Kier alpha value is -7.19. The molecular weight excluding hydrogens is 1180 g/mol. The molecule has 4 aliphatic rings. The molecule has 0 aliphatic carbocycles. The van der Waals surface area contributed by atoms with Crippen LogP contribution < -0.4 is 21.3 Å². The van der Waals surface area contributed by atoms with Crippen LogP contribution in [0.1, 0.15) is 132 Å². The SMILES string of the molecule is CC(C)(C)OC(=O)N1CC(CCC(Nc2cccc(S(N)(=O)=O)n2)C2=CCN(C(=O)OCc3ccccc3)CC2)CC1(C)C.CC(C)(C)OC(=O)N1C[C@@H](CCC(N)C2=CCN(C(=O)OCc3ccccc3)CC2)CC1(C)C.NS(=O)(=O)c1cccc(F)n1. The zero-order valence-corrected chi connectivity index (χ0v) is 54.7. The van der Waals surface area contributed by atoms with E-state index in [0.717, 1.165) is 67.4 Å². The summed E-state index contributed by atoms with van der Waals surface area (Å²) in [6.07, 6.45) is 9.42. The molecular formula is C64H91FN10O12S2. The number of nitrogens with one attached hydrogen (secondary N) is 1. The number of pyridine rings is 2.